The van der Waals surface area contributed by atoms with E-state index in [2.05, 4.69) is 4.98 Å². The zero-order valence-corrected chi connectivity index (χ0v) is 14.3. The summed E-state index contributed by atoms with van der Waals surface area (Å²) in [5.74, 6) is 0.777. The molecule has 0 aromatic carbocycles. The Balaban J connectivity index is 1.59. The second-order valence-corrected chi connectivity index (χ2v) is 7.20. The number of rotatable bonds is 3. The summed E-state index contributed by atoms with van der Waals surface area (Å²) in [7, 11) is 0. The smallest absolute Gasteiger partial charge is 0.389 e. The zero-order valence-electron chi connectivity index (χ0n) is 14.3. The van der Waals surface area contributed by atoms with Crippen LogP contribution in [0.5, 0.6) is 0 Å². The van der Waals surface area contributed by atoms with Gasteiger partial charge in [0.15, 0.2) is 0 Å². The molecule has 2 fully saturated rings. The van der Waals surface area contributed by atoms with E-state index < -0.39 is 30.1 Å². The van der Waals surface area contributed by atoms with Crippen LogP contribution in [0, 0.1) is 5.92 Å². The molecule has 0 spiro atoms. The van der Waals surface area contributed by atoms with Crippen LogP contribution in [0.25, 0.3) is 0 Å². The first-order valence-corrected chi connectivity index (χ1v) is 8.79. The van der Waals surface area contributed by atoms with Gasteiger partial charge in [-0.15, -0.1) is 0 Å². The predicted molar refractivity (Wildman–Crippen MR) is 88.6 cm³/mol. The number of aromatic nitrogens is 1. The summed E-state index contributed by atoms with van der Waals surface area (Å²) >= 11 is 0. The van der Waals surface area contributed by atoms with Crippen molar-refractivity contribution in [3.63, 3.8) is 0 Å². The first-order chi connectivity index (χ1) is 12.2. The van der Waals surface area contributed by atoms with Crippen LogP contribution in [0.15, 0.2) is 18.3 Å². The third kappa shape index (κ3) is 4.46. The second-order valence-electron chi connectivity index (χ2n) is 7.20. The van der Waals surface area contributed by atoms with E-state index in [4.69, 9.17) is 0 Å². The van der Waals surface area contributed by atoms with Crippen molar-refractivity contribution in [2.24, 2.45) is 5.92 Å². The number of hydrogen-bond donors (Lipinski definition) is 3. The maximum atomic E-state index is 12.7. The Kier molecular flexibility index (Phi) is 5.71. The maximum Gasteiger partial charge on any atom is 0.417 e. The molecule has 0 bridgehead atoms. The number of aliphatic hydroxyl groups is 3. The molecule has 1 aromatic rings. The standard InChI is InChI=1S/C17H24F3N3O3/c18-17(19,20)12-3-4-15(21-6-12)23-5-1-2-11(8-23)7-22-9-13(24)16(26)14(25)10-22/h3-4,6,11,13-14,16,24-26H,1-2,5,7-10H2/t11-,13?,14?,16?/m1/s1. The highest BCUT2D eigenvalue weighted by Crippen LogP contribution is 2.30. The molecule has 0 radical (unpaired) electrons. The second kappa shape index (κ2) is 7.67. The third-order valence-corrected chi connectivity index (χ3v) is 5.11. The summed E-state index contributed by atoms with van der Waals surface area (Å²) in [6.07, 6.45) is -4.75. The summed E-state index contributed by atoms with van der Waals surface area (Å²) < 4.78 is 38.0. The van der Waals surface area contributed by atoms with E-state index in [1.165, 1.54) is 6.07 Å². The molecule has 146 valence electrons. The molecule has 3 heterocycles. The fraction of sp³-hybridized carbons (Fsp3) is 0.706. The molecule has 2 saturated heterocycles. The van der Waals surface area contributed by atoms with Crippen LogP contribution in [0.3, 0.4) is 0 Å². The number of pyridine rings is 1. The summed E-state index contributed by atoms with van der Waals surface area (Å²) in [5.41, 5.74) is -0.760. The van der Waals surface area contributed by atoms with Crippen LogP contribution < -0.4 is 4.90 Å². The number of anilines is 1. The lowest BCUT2D eigenvalue weighted by Gasteiger charge is -2.41. The Morgan fingerprint density at radius 3 is 2.35 bits per heavy atom. The number of aliphatic hydroxyl groups excluding tert-OH is 3. The number of likely N-dealkylation sites (tertiary alicyclic amines) is 1. The highest BCUT2D eigenvalue weighted by Gasteiger charge is 2.35. The number of halogens is 3. The van der Waals surface area contributed by atoms with Gasteiger partial charge < -0.3 is 20.2 Å². The van der Waals surface area contributed by atoms with Crippen molar-refractivity contribution in [3.05, 3.63) is 23.9 Å². The molecule has 2 aliphatic heterocycles. The van der Waals surface area contributed by atoms with Gasteiger partial charge in [0.1, 0.15) is 11.9 Å². The van der Waals surface area contributed by atoms with Gasteiger partial charge in [-0.1, -0.05) is 0 Å². The molecule has 26 heavy (non-hydrogen) atoms. The monoisotopic (exact) mass is 375 g/mol. The fourth-order valence-corrected chi connectivity index (χ4v) is 3.75. The topological polar surface area (TPSA) is 80.1 Å². The summed E-state index contributed by atoms with van der Waals surface area (Å²) in [6.45, 7) is 2.64. The van der Waals surface area contributed by atoms with E-state index in [0.29, 0.717) is 32.0 Å². The van der Waals surface area contributed by atoms with E-state index in [1.807, 2.05) is 9.80 Å². The van der Waals surface area contributed by atoms with Gasteiger partial charge in [0.05, 0.1) is 17.8 Å². The van der Waals surface area contributed by atoms with Crippen LogP contribution in [-0.2, 0) is 6.18 Å². The molecule has 2 aliphatic rings. The molecule has 3 N–H and O–H groups in total. The minimum absolute atomic E-state index is 0.252. The van der Waals surface area contributed by atoms with E-state index in [9.17, 15) is 28.5 Å². The van der Waals surface area contributed by atoms with E-state index in [1.54, 1.807) is 0 Å². The molecule has 0 saturated carbocycles. The molecule has 6 nitrogen and oxygen atoms in total. The van der Waals surface area contributed by atoms with Gasteiger partial charge in [0.2, 0.25) is 0 Å². The quantitative estimate of drug-likeness (QED) is 0.722. The Hall–Kier alpha value is -1.42. The Labute approximate surface area is 149 Å². The lowest BCUT2D eigenvalue weighted by atomic mass is 9.95. The molecule has 1 aromatic heterocycles. The van der Waals surface area contributed by atoms with Gasteiger partial charge in [0, 0.05) is 38.9 Å². The lowest BCUT2D eigenvalue weighted by molar-refractivity contribution is -0.137. The average molecular weight is 375 g/mol. The summed E-state index contributed by atoms with van der Waals surface area (Å²) in [6, 6.07) is 2.45. The highest BCUT2D eigenvalue weighted by molar-refractivity contribution is 5.40. The van der Waals surface area contributed by atoms with Crippen molar-refractivity contribution in [1.29, 1.82) is 0 Å². The SMILES string of the molecule is OC1CN(C[C@H]2CCCN(c3ccc(C(F)(F)F)cn3)C2)CC(O)C1O. The van der Waals surface area contributed by atoms with Crippen molar-refractivity contribution < 1.29 is 28.5 Å². The molecule has 9 heteroatoms. The van der Waals surface area contributed by atoms with Gasteiger partial charge in [-0.05, 0) is 30.9 Å². The Bertz CT molecular complexity index is 587. The lowest BCUT2D eigenvalue weighted by Crippen LogP contribution is -2.56. The van der Waals surface area contributed by atoms with Gasteiger partial charge in [-0.3, -0.25) is 4.90 Å². The predicted octanol–water partition coefficient (Wildman–Crippen LogP) is 0.715. The summed E-state index contributed by atoms with van der Waals surface area (Å²) in [4.78, 5) is 7.86. The van der Waals surface area contributed by atoms with Crippen molar-refractivity contribution in [2.75, 3.05) is 37.6 Å². The van der Waals surface area contributed by atoms with Crippen LogP contribution in [0.4, 0.5) is 19.0 Å². The molecule has 3 atom stereocenters. The van der Waals surface area contributed by atoms with Gasteiger partial charge in [-0.2, -0.15) is 13.2 Å². The van der Waals surface area contributed by atoms with Crippen molar-refractivity contribution in [2.45, 2.75) is 37.3 Å². The number of β-amino-alcohol motifs (C(OH)–C–C–N with tert-alkyl or cyclic N) is 2. The van der Waals surface area contributed by atoms with E-state index in [0.717, 1.165) is 31.6 Å². The van der Waals surface area contributed by atoms with Crippen molar-refractivity contribution in [3.8, 4) is 0 Å². The fourth-order valence-electron chi connectivity index (χ4n) is 3.75. The van der Waals surface area contributed by atoms with Gasteiger partial charge in [-0.25, -0.2) is 4.98 Å². The van der Waals surface area contributed by atoms with Crippen LogP contribution >= 0.6 is 0 Å². The van der Waals surface area contributed by atoms with Crippen LogP contribution in [-0.4, -0.2) is 76.2 Å². The van der Waals surface area contributed by atoms with Gasteiger partial charge >= 0.3 is 6.18 Å². The average Bonchev–Trinajstić information content (AvgIpc) is 2.59. The highest BCUT2D eigenvalue weighted by atomic mass is 19.4. The molecular weight excluding hydrogens is 351 g/mol. The first kappa shape index (κ1) is 19.3. The van der Waals surface area contributed by atoms with Gasteiger partial charge in [0.25, 0.3) is 0 Å². The molecule has 0 aliphatic carbocycles. The van der Waals surface area contributed by atoms with Crippen molar-refractivity contribution >= 4 is 5.82 Å². The largest absolute Gasteiger partial charge is 0.417 e. The number of nitrogens with zero attached hydrogens (tertiary/aromatic N) is 3. The molecular formula is C17H24F3N3O3. The zero-order chi connectivity index (χ0) is 18.9. The van der Waals surface area contributed by atoms with E-state index in [-0.39, 0.29) is 5.92 Å². The molecule has 2 unspecified atom stereocenters. The maximum absolute atomic E-state index is 12.7. The number of alkyl halides is 3. The first-order valence-electron chi connectivity index (χ1n) is 8.79. The van der Waals surface area contributed by atoms with E-state index >= 15 is 0 Å². The van der Waals surface area contributed by atoms with Crippen LogP contribution in [0.1, 0.15) is 18.4 Å². The van der Waals surface area contributed by atoms with Crippen LogP contribution in [0.2, 0.25) is 0 Å². The number of hydrogen-bond acceptors (Lipinski definition) is 6. The summed E-state index contributed by atoms with van der Waals surface area (Å²) in [5, 5.41) is 29.2. The minimum atomic E-state index is -4.39. The number of piperidine rings is 2. The Morgan fingerprint density at radius 2 is 1.77 bits per heavy atom. The Morgan fingerprint density at radius 1 is 1.08 bits per heavy atom. The molecule has 3 rings (SSSR count). The third-order valence-electron chi connectivity index (χ3n) is 5.11. The molecule has 0 amide bonds. The van der Waals surface area contributed by atoms with Crippen molar-refractivity contribution in [1.82, 2.24) is 9.88 Å². The normalized spacial score (nSPS) is 31.2. The minimum Gasteiger partial charge on any atom is -0.389 e.